The summed E-state index contributed by atoms with van der Waals surface area (Å²) in [5.74, 6) is -0.203. The Morgan fingerprint density at radius 2 is 2.32 bits per heavy atom. The smallest absolute Gasteiger partial charge is 0.271 e. The molecule has 0 bridgehead atoms. The molecule has 1 amide bonds. The van der Waals surface area contributed by atoms with E-state index in [1.54, 1.807) is 0 Å². The maximum Gasteiger partial charge on any atom is 0.271 e. The van der Waals surface area contributed by atoms with Crippen molar-refractivity contribution in [3.63, 3.8) is 0 Å². The largest absolute Gasteiger partial charge is 0.348 e. The quantitative estimate of drug-likeness (QED) is 0.688. The molecule has 4 nitrogen and oxygen atoms in total. The van der Waals surface area contributed by atoms with Crippen molar-refractivity contribution in [3.05, 3.63) is 16.9 Å². The van der Waals surface area contributed by atoms with Gasteiger partial charge in [0.2, 0.25) is 0 Å². The maximum absolute atomic E-state index is 12.2. The Balaban J connectivity index is 2.08. The van der Waals surface area contributed by atoms with E-state index in [1.165, 1.54) is 18.0 Å². The summed E-state index contributed by atoms with van der Waals surface area (Å²) in [4.78, 5) is 20.4. The molecule has 1 saturated carbocycles. The lowest BCUT2D eigenvalue weighted by molar-refractivity contribution is 0.0930. The number of halogens is 1. The molecule has 0 spiro atoms. The molecule has 0 radical (unpaired) electrons. The fourth-order valence-electron chi connectivity index (χ4n) is 2.42. The molecule has 0 saturated heterocycles. The molecule has 19 heavy (non-hydrogen) atoms. The lowest BCUT2D eigenvalue weighted by Gasteiger charge is -2.17. The van der Waals surface area contributed by atoms with Gasteiger partial charge in [-0.1, -0.05) is 37.2 Å². The summed E-state index contributed by atoms with van der Waals surface area (Å²) in [6.45, 7) is 4.45. The molecule has 1 atom stereocenters. The topological polar surface area (TPSA) is 54.9 Å². The molecule has 1 aromatic rings. The molecule has 1 aromatic heterocycles. The Morgan fingerprint density at radius 1 is 1.58 bits per heavy atom. The highest BCUT2D eigenvalue weighted by Gasteiger charge is 2.32. The summed E-state index contributed by atoms with van der Waals surface area (Å²) in [6.07, 6.45) is 6.48. The van der Waals surface area contributed by atoms with Gasteiger partial charge in [0.05, 0.1) is 11.2 Å². The van der Waals surface area contributed by atoms with Crippen LogP contribution < -0.4 is 5.32 Å². The molecule has 2 rings (SSSR count). The Hall–Kier alpha value is -0.810. The highest BCUT2D eigenvalue weighted by molar-refractivity contribution is 7.98. The number of aromatic nitrogens is 2. The van der Waals surface area contributed by atoms with Crippen LogP contribution in [0.5, 0.6) is 0 Å². The first kappa shape index (κ1) is 14.6. The van der Waals surface area contributed by atoms with Crippen molar-refractivity contribution >= 4 is 29.3 Å². The van der Waals surface area contributed by atoms with E-state index in [-0.39, 0.29) is 17.6 Å². The van der Waals surface area contributed by atoms with Gasteiger partial charge >= 0.3 is 0 Å². The van der Waals surface area contributed by atoms with Gasteiger partial charge in [-0.25, -0.2) is 9.97 Å². The lowest BCUT2D eigenvalue weighted by Crippen LogP contribution is -2.34. The Morgan fingerprint density at radius 3 is 2.89 bits per heavy atom. The predicted octanol–water partition coefficient (Wildman–Crippen LogP) is 3.16. The zero-order valence-electron chi connectivity index (χ0n) is 11.4. The Kier molecular flexibility index (Phi) is 4.36. The number of nitrogens with one attached hydrogen (secondary N) is 1. The average Bonchev–Trinajstić information content (AvgIpc) is 2.69. The van der Waals surface area contributed by atoms with E-state index in [0.29, 0.717) is 15.6 Å². The zero-order valence-corrected chi connectivity index (χ0v) is 12.9. The number of hydrogen-bond acceptors (Lipinski definition) is 4. The van der Waals surface area contributed by atoms with E-state index in [4.69, 9.17) is 11.6 Å². The fourth-order valence-corrected chi connectivity index (χ4v) is 2.94. The second kappa shape index (κ2) is 5.67. The van der Waals surface area contributed by atoms with E-state index >= 15 is 0 Å². The zero-order chi connectivity index (χ0) is 14.0. The van der Waals surface area contributed by atoms with Gasteiger partial charge in [-0.2, -0.15) is 0 Å². The minimum atomic E-state index is -0.203. The van der Waals surface area contributed by atoms with E-state index < -0.39 is 0 Å². The van der Waals surface area contributed by atoms with Crippen molar-refractivity contribution in [1.29, 1.82) is 0 Å². The van der Waals surface area contributed by atoms with Crippen molar-refractivity contribution in [2.75, 3.05) is 6.26 Å². The predicted molar refractivity (Wildman–Crippen MR) is 77.7 cm³/mol. The molecule has 0 aliphatic heterocycles. The number of carbonyl (C=O) groups excluding carboxylic acids is 1. The molecular formula is C13H18ClN3OS. The summed E-state index contributed by atoms with van der Waals surface area (Å²) in [6, 6.07) is 0.214. The molecule has 1 aliphatic rings. The maximum atomic E-state index is 12.2. The van der Waals surface area contributed by atoms with Gasteiger partial charge in [-0.15, -0.1) is 0 Å². The van der Waals surface area contributed by atoms with Crippen LogP contribution in [0.1, 0.15) is 43.6 Å². The monoisotopic (exact) mass is 299 g/mol. The third-order valence-corrected chi connectivity index (χ3v) is 4.26. The van der Waals surface area contributed by atoms with Crippen LogP contribution in [0.3, 0.4) is 0 Å². The van der Waals surface area contributed by atoms with Gasteiger partial charge in [-0.05, 0) is 30.9 Å². The van der Waals surface area contributed by atoms with E-state index in [0.717, 1.165) is 19.3 Å². The number of carbonyl (C=O) groups is 1. The first-order chi connectivity index (χ1) is 8.91. The normalized spacial score (nSPS) is 21.4. The number of hydrogen-bond donors (Lipinski definition) is 1. The standard InChI is InChI=1S/C13H18ClN3OS/c1-13(2)5-4-8(6-13)16-11(18)10-9(14)7-15-12(17-10)19-3/h7-8H,4-6H2,1-3H3,(H,16,18). The third kappa shape index (κ3) is 3.60. The van der Waals surface area contributed by atoms with E-state index in [9.17, 15) is 4.79 Å². The third-order valence-electron chi connectivity index (χ3n) is 3.42. The molecule has 0 aromatic carbocycles. The molecule has 104 valence electrons. The SMILES string of the molecule is CSc1ncc(Cl)c(C(=O)NC2CCC(C)(C)C2)n1. The van der Waals surface area contributed by atoms with Crippen LogP contribution in [0.4, 0.5) is 0 Å². The summed E-state index contributed by atoms with van der Waals surface area (Å²) in [5.41, 5.74) is 0.573. The van der Waals surface area contributed by atoms with E-state index in [1.807, 2.05) is 6.26 Å². The van der Waals surface area contributed by atoms with Gasteiger partial charge in [-0.3, -0.25) is 4.79 Å². The summed E-state index contributed by atoms with van der Waals surface area (Å²) in [5, 5.41) is 3.88. The van der Waals surface area contributed by atoms with Crippen molar-refractivity contribution in [1.82, 2.24) is 15.3 Å². The van der Waals surface area contributed by atoms with Crippen LogP contribution in [0.25, 0.3) is 0 Å². The van der Waals surface area contributed by atoms with Gasteiger partial charge in [0.1, 0.15) is 0 Å². The van der Waals surface area contributed by atoms with E-state index in [2.05, 4.69) is 29.1 Å². The summed E-state index contributed by atoms with van der Waals surface area (Å²) < 4.78 is 0. The van der Waals surface area contributed by atoms with Gasteiger partial charge in [0.25, 0.3) is 5.91 Å². The Labute approximate surface area is 122 Å². The Bertz CT molecular complexity index is 493. The first-order valence-corrected chi connectivity index (χ1v) is 7.89. The van der Waals surface area contributed by atoms with Crippen LogP contribution in [-0.4, -0.2) is 28.2 Å². The summed E-state index contributed by atoms with van der Waals surface area (Å²) >= 11 is 7.39. The molecule has 1 unspecified atom stereocenters. The van der Waals surface area contributed by atoms with Crippen molar-refractivity contribution in [3.8, 4) is 0 Å². The molecular weight excluding hydrogens is 282 g/mol. The molecule has 1 fully saturated rings. The summed E-state index contributed by atoms with van der Waals surface area (Å²) in [7, 11) is 0. The van der Waals surface area contributed by atoms with Gasteiger partial charge in [0.15, 0.2) is 10.9 Å². The highest BCUT2D eigenvalue weighted by atomic mass is 35.5. The van der Waals surface area contributed by atoms with Crippen LogP contribution in [-0.2, 0) is 0 Å². The van der Waals surface area contributed by atoms with Crippen molar-refractivity contribution in [2.24, 2.45) is 5.41 Å². The number of rotatable bonds is 3. The first-order valence-electron chi connectivity index (χ1n) is 6.29. The minimum Gasteiger partial charge on any atom is -0.348 e. The van der Waals surface area contributed by atoms with Gasteiger partial charge in [0, 0.05) is 6.04 Å². The number of nitrogens with zero attached hydrogens (tertiary/aromatic N) is 2. The fraction of sp³-hybridized carbons (Fsp3) is 0.615. The van der Waals surface area contributed by atoms with Crippen LogP contribution in [0.15, 0.2) is 11.4 Å². The van der Waals surface area contributed by atoms with Crippen LogP contribution in [0, 0.1) is 5.41 Å². The molecule has 1 aliphatic carbocycles. The second-order valence-corrected chi connectivity index (χ2v) is 6.81. The lowest BCUT2D eigenvalue weighted by atomic mass is 9.92. The van der Waals surface area contributed by atoms with Crippen molar-refractivity contribution < 1.29 is 4.79 Å². The molecule has 1 N–H and O–H groups in total. The minimum absolute atomic E-state index is 0.203. The number of thioether (sulfide) groups is 1. The average molecular weight is 300 g/mol. The number of amides is 1. The van der Waals surface area contributed by atoms with Crippen molar-refractivity contribution in [2.45, 2.75) is 44.3 Å². The molecule has 1 heterocycles. The van der Waals surface area contributed by atoms with Crippen LogP contribution >= 0.6 is 23.4 Å². The molecule has 6 heteroatoms. The van der Waals surface area contributed by atoms with Gasteiger partial charge < -0.3 is 5.32 Å². The second-order valence-electron chi connectivity index (χ2n) is 5.63. The van der Waals surface area contributed by atoms with Crippen LogP contribution in [0.2, 0.25) is 5.02 Å². The highest BCUT2D eigenvalue weighted by Crippen LogP contribution is 2.37.